The highest BCUT2D eigenvalue weighted by Crippen LogP contribution is 2.33. The first kappa shape index (κ1) is 13.3. The summed E-state index contributed by atoms with van der Waals surface area (Å²) in [4.78, 5) is 13.5. The van der Waals surface area contributed by atoms with E-state index in [1.54, 1.807) is 6.07 Å². The lowest BCUT2D eigenvalue weighted by atomic mass is 10.1. The number of hydrogen-bond donors (Lipinski definition) is 1. The fraction of sp³-hybridized carbons (Fsp3) is 0.500. The highest BCUT2D eigenvalue weighted by Gasteiger charge is 2.29. The minimum atomic E-state index is -0.846. The second-order valence-corrected chi connectivity index (χ2v) is 7.16. The first-order valence-electron chi connectivity index (χ1n) is 6.12. The highest BCUT2D eigenvalue weighted by molar-refractivity contribution is 8.00. The third-order valence-electron chi connectivity index (χ3n) is 3.15. The van der Waals surface area contributed by atoms with Crippen LogP contribution in [0.3, 0.4) is 0 Å². The first-order chi connectivity index (χ1) is 8.39. The topological polar surface area (TPSA) is 40.5 Å². The van der Waals surface area contributed by atoms with Crippen molar-refractivity contribution in [2.75, 3.05) is 23.7 Å². The Morgan fingerprint density at radius 2 is 2.17 bits per heavy atom. The van der Waals surface area contributed by atoms with E-state index in [4.69, 9.17) is 0 Å². The van der Waals surface area contributed by atoms with Crippen LogP contribution in [0, 0.1) is 6.92 Å². The van der Waals surface area contributed by atoms with Crippen molar-refractivity contribution in [1.29, 1.82) is 0 Å². The van der Waals surface area contributed by atoms with E-state index in [9.17, 15) is 9.90 Å². The van der Waals surface area contributed by atoms with E-state index < -0.39 is 5.97 Å². The molecule has 0 saturated carbocycles. The van der Waals surface area contributed by atoms with Crippen LogP contribution in [0.5, 0.6) is 0 Å². The van der Waals surface area contributed by atoms with Gasteiger partial charge in [0.15, 0.2) is 0 Å². The molecular formula is C14H19NO2S. The molecule has 0 spiro atoms. The van der Waals surface area contributed by atoms with Crippen LogP contribution < -0.4 is 4.90 Å². The smallest absolute Gasteiger partial charge is 0.337 e. The fourth-order valence-corrected chi connectivity index (χ4v) is 3.42. The van der Waals surface area contributed by atoms with Gasteiger partial charge in [0.2, 0.25) is 0 Å². The van der Waals surface area contributed by atoms with Gasteiger partial charge in [0, 0.05) is 23.6 Å². The molecular weight excluding hydrogens is 246 g/mol. The maximum Gasteiger partial charge on any atom is 0.337 e. The first-order valence-corrected chi connectivity index (χ1v) is 7.10. The van der Waals surface area contributed by atoms with E-state index in [0.717, 1.165) is 30.1 Å². The summed E-state index contributed by atoms with van der Waals surface area (Å²) in [7, 11) is 0. The number of aryl methyl sites for hydroxylation is 1. The number of hydrogen-bond acceptors (Lipinski definition) is 3. The Bertz CT molecular complexity index is 471. The number of thioether (sulfide) groups is 1. The summed E-state index contributed by atoms with van der Waals surface area (Å²) in [5, 5.41) is 9.29. The van der Waals surface area contributed by atoms with Gasteiger partial charge < -0.3 is 10.0 Å². The number of carboxylic acids is 1. The molecule has 1 aromatic carbocycles. The molecule has 0 radical (unpaired) electrons. The number of benzene rings is 1. The van der Waals surface area contributed by atoms with Gasteiger partial charge in [0.1, 0.15) is 0 Å². The van der Waals surface area contributed by atoms with Gasteiger partial charge in [0.05, 0.1) is 11.3 Å². The Kier molecular flexibility index (Phi) is 3.57. The SMILES string of the molecule is Cc1ccc(C(=O)O)c(N2CCSC(C)(C)C2)c1. The summed E-state index contributed by atoms with van der Waals surface area (Å²) >= 11 is 1.95. The Labute approximate surface area is 112 Å². The van der Waals surface area contributed by atoms with Crippen molar-refractivity contribution in [3.8, 4) is 0 Å². The Morgan fingerprint density at radius 1 is 1.44 bits per heavy atom. The van der Waals surface area contributed by atoms with Crippen LogP contribution in [-0.2, 0) is 0 Å². The summed E-state index contributed by atoms with van der Waals surface area (Å²) in [6.07, 6.45) is 0. The monoisotopic (exact) mass is 265 g/mol. The molecule has 1 fully saturated rings. The van der Waals surface area contributed by atoms with Crippen LogP contribution in [0.4, 0.5) is 5.69 Å². The lowest BCUT2D eigenvalue weighted by Gasteiger charge is -2.39. The minimum absolute atomic E-state index is 0.178. The fourth-order valence-electron chi connectivity index (χ4n) is 2.31. The molecule has 0 bridgehead atoms. The minimum Gasteiger partial charge on any atom is -0.478 e. The Hall–Kier alpha value is -1.16. The number of nitrogens with zero attached hydrogens (tertiary/aromatic N) is 1. The summed E-state index contributed by atoms with van der Waals surface area (Å²) in [5.41, 5.74) is 2.37. The zero-order valence-corrected chi connectivity index (χ0v) is 11.9. The van der Waals surface area contributed by atoms with E-state index in [1.165, 1.54) is 0 Å². The van der Waals surface area contributed by atoms with Gasteiger partial charge in [-0.2, -0.15) is 11.8 Å². The molecule has 1 aliphatic heterocycles. The van der Waals surface area contributed by atoms with Crippen molar-refractivity contribution in [2.24, 2.45) is 0 Å². The number of rotatable bonds is 2. The maximum absolute atomic E-state index is 11.3. The number of carboxylic acid groups (broad SMARTS) is 1. The molecule has 98 valence electrons. The van der Waals surface area contributed by atoms with Gasteiger partial charge in [-0.3, -0.25) is 0 Å². The van der Waals surface area contributed by atoms with Crippen molar-refractivity contribution in [2.45, 2.75) is 25.5 Å². The zero-order valence-electron chi connectivity index (χ0n) is 11.1. The van der Waals surface area contributed by atoms with Crippen LogP contribution in [0.1, 0.15) is 29.8 Å². The van der Waals surface area contributed by atoms with Gasteiger partial charge in [-0.25, -0.2) is 4.79 Å². The van der Waals surface area contributed by atoms with Crippen LogP contribution in [0.25, 0.3) is 0 Å². The molecule has 4 heteroatoms. The molecule has 1 heterocycles. The summed E-state index contributed by atoms with van der Waals surface area (Å²) < 4.78 is 0.178. The Morgan fingerprint density at radius 3 is 2.78 bits per heavy atom. The second kappa shape index (κ2) is 4.84. The van der Waals surface area contributed by atoms with E-state index in [2.05, 4.69) is 18.7 Å². The molecule has 1 aromatic rings. The average Bonchev–Trinajstić information content (AvgIpc) is 2.27. The van der Waals surface area contributed by atoms with Crippen molar-refractivity contribution in [1.82, 2.24) is 0 Å². The average molecular weight is 265 g/mol. The largest absolute Gasteiger partial charge is 0.478 e. The summed E-state index contributed by atoms with van der Waals surface area (Å²) in [6.45, 7) is 8.22. The molecule has 1 N–H and O–H groups in total. The number of aromatic carboxylic acids is 1. The maximum atomic E-state index is 11.3. The number of anilines is 1. The molecule has 0 unspecified atom stereocenters. The van der Waals surface area contributed by atoms with Gasteiger partial charge in [-0.1, -0.05) is 6.07 Å². The standard InChI is InChI=1S/C14H19NO2S/c1-10-4-5-11(13(16)17)12(8-10)15-6-7-18-14(2,3)9-15/h4-5,8H,6-7,9H2,1-3H3,(H,16,17). The third kappa shape index (κ3) is 2.80. The molecule has 1 aliphatic rings. The van der Waals surface area contributed by atoms with Gasteiger partial charge >= 0.3 is 5.97 Å². The van der Waals surface area contributed by atoms with E-state index in [-0.39, 0.29) is 4.75 Å². The van der Waals surface area contributed by atoms with Gasteiger partial charge in [-0.05, 0) is 38.5 Å². The van der Waals surface area contributed by atoms with Crippen LogP contribution in [0.15, 0.2) is 18.2 Å². The zero-order chi connectivity index (χ0) is 13.3. The van der Waals surface area contributed by atoms with E-state index in [0.29, 0.717) is 5.56 Å². The molecule has 0 amide bonds. The predicted octanol–water partition coefficient (Wildman–Crippen LogP) is 3.03. The molecule has 3 nitrogen and oxygen atoms in total. The molecule has 0 aromatic heterocycles. The molecule has 0 atom stereocenters. The second-order valence-electron chi connectivity index (χ2n) is 5.36. The normalized spacial score (nSPS) is 18.7. The van der Waals surface area contributed by atoms with Gasteiger partial charge in [0.25, 0.3) is 0 Å². The van der Waals surface area contributed by atoms with Crippen molar-refractivity contribution < 1.29 is 9.90 Å². The molecule has 0 aliphatic carbocycles. The van der Waals surface area contributed by atoms with E-state index >= 15 is 0 Å². The lowest BCUT2D eigenvalue weighted by molar-refractivity contribution is 0.0697. The van der Waals surface area contributed by atoms with Crippen LogP contribution in [0.2, 0.25) is 0 Å². The van der Waals surface area contributed by atoms with Crippen molar-refractivity contribution in [3.05, 3.63) is 29.3 Å². The van der Waals surface area contributed by atoms with E-state index in [1.807, 2.05) is 30.8 Å². The summed E-state index contributed by atoms with van der Waals surface area (Å²) in [5.74, 6) is 0.195. The quantitative estimate of drug-likeness (QED) is 0.892. The van der Waals surface area contributed by atoms with Gasteiger partial charge in [-0.15, -0.1) is 0 Å². The molecule has 2 rings (SSSR count). The van der Waals surface area contributed by atoms with Crippen molar-refractivity contribution >= 4 is 23.4 Å². The van der Waals surface area contributed by atoms with Crippen LogP contribution in [-0.4, -0.2) is 34.7 Å². The highest BCUT2D eigenvalue weighted by atomic mass is 32.2. The Balaban J connectivity index is 2.37. The number of carbonyl (C=O) groups is 1. The third-order valence-corrected chi connectivity index (χ3v) is 4.45. The summed E-state index contributed by atoms with van der Waals surface area (Å²) in [6, 6.07) is 5.55. The predicted molar refractivity (Wildman–Crippen MR) is 76.9 cm³/mol. The van der Waals surface area contributed by atoms with Crippen molar-refractivity contribution in [3.63, 3.8) is 0 Å². The molecule has 18 heavy (non-hydrogen) atoms. The van der Waals surface area contributed by atoms with Crippen LogP contribution >= 0.6 is 11.8 Å². The lowest BCUT2D eigenvalue weighted by Crippen LogP contribution is -2.43. The molecule has 1 saturated heterocycles.